The molecule has 0 aliphatic heterocycles. The average Bonchev–Trinajstić information content (AvgIpc) is 1.80. The van der Waals surface area contributed by atoms with Crippen LogP contribution in [-0.2, 0) is 9.53 Å². The zero-order chi connectivity index (χ0) is 7.11. The van der Waals surface area contributed by atoms with E-state index in [4.69, 9.17) is 0 Å². The van der Waals surface area contributed by atoms with Crippen molar-refractivity contribution in [1.82, 2.24) is 5.32 Å². The molecule has 48 valence electrons. The van der Waals surface area contributed by atoms with Crippen LogP contribution in [0.25, 0.3) is 0 Å². The van der Waals surface area contributed by atoms with Gasteiger partial charge in [0.1, 0.15) is 6.61 Å². The van der Waals surface area contributed by atoms with Crippen molar-refractivity contribution in [1.29, 1.82) is 0 Å². The van der Waals surface area contributed by atoms with E-state index in [0.717, 1.165) is 0 Å². The molecule has 0 unspecified atom stereocenters. The summed E-state index contributed by atoms with van der Waals surface area (Å²) in [5.41, 5.74) is 0. The fourth-order valence-corrected chi connectivity index (χ4v) is 0.281. The third-order valence-electron chi connectivity index (χ3n) is 0.587. The van der Waals surface area contributed by atoms with Gasteiger partial charge in [0.05, 0.1) is 6.54 Å². The van der Waals surface area contributed by atoms with Crippen molar-refractivity contribution in [2.45, 2.75) is 0 Å². The molecule has 0 saturated heterocycles. The quantitative estimate of drug-likeness (QED) is 0.300. The van der Waals surface area contributed by atoms with E-state index < -0.39 is 5.81 Å². The van der Waals surface area contributed by atoms with Gasteiger partial charge in [0.25, 0.3) is 6.47 Å². The second-order valence-corrected chi connectivity index (χ2v) is 1.26. The number of carbonyl (C=O) groups excluding carboxylic acids is 2. The number of rotatable bonds is 4. The predicted octanol–water partition coefficient (Wildman–Crippen LogP) is -0.963. The summed E-state index contributed by atoms with van der Waals surface area (Å²) >= 11 is 0. The van der Waals surface area contributed by atoms with E-state index >= 15 is 0 Å². The van der Waals surface area contributed by atoms with E-state index in [1.807, 2.05) is 0 Å². The van der Waals surface area contributed by atoms with Gasteiger partial charge in [-0.25, -0.2) is 0 Å². The van der Waals surface area contributed by atoms with Gasteiger partial charge in [-0.05, 0) is 0 Å². The molecule has 0 bridgehead atoms. The number of carbonyl (C=O) groups is 2. The molecule has 0 saturated carbocycles. The van der Waals surface area contributed by atoms with Crippen LogP contribution in [0.5, 0.6) is 0 Å². The Morgan fingerprint density at radius 3 is 2.89 bits per heavy atom. The monoisotopic (exact) mass is 127 g/mol. The summed E-state index contributed by atoms with van der Waals surface area (Å²) in [7, 11) is 4.68. The molecular weight excluding hydrogens is 121 g/mol. The highest BCUT2D eigenvalue weighted by Crippen LogP contribution is 1.64. The Balaban J connectivity index is 2.91. The zero-order valence-electron chi connectivity index (χ0n) is 4.79. The molecule has 1 amide bonds. The lowest BCUT2D eigenvalue weighted by Gasteiger charge is -1.98. The van der Waals surface area contributed by atoms with Crippen LogP contribution >= 0.6 is 0 Å². The molecule has 0 aliphatic rings. The lowest BCUT2D eigenvalue weighted by atomic mass is 10.1. The number of nitrogens with one attached hydrogen (secondary N) is 1. The topological polar surface area (TPSA) is 55.4 Å². The van der Waals surface area contributed by atoms with Crippen molar-refractivity contribution in [3.63, 3.8) is 0 Å². The van der Waals surface area contributed by atoms with E-state index in [1.165, 1.54) is 0 Å². The van der Waals surface area contributed by atoms with Crippen LogP contribution in [0.3, 0.4) is 0 Å². The summed E-state index contributed by atoms with van der Waals surface area (Å²) in [5, 5.41) is 2.24. The Labute approximate surface area is 54.0 Å². The van der Waals surface area contributed by atoms with Gasteiger partial charge in [-0.3, -0.25) is 9.59 Å². The molecule has 0 aromatic carbocycles. The molecule has 0 aromatic heterocycles. The third kappa shape index (κ3) is 7.00. The number of hydrogen-bond acceptors (Lipinski definition) is 3. The zero-order valence-corrected chi connectivity index (χ0v) is 4.79. The first-order valence-electron chi connectivity index (χ1n) is 2.36. The van der Waals surface area contributed by atoms with Crippen LogP contribution in [0, 0.1) is 0 Å². The molecule has 0 aromatic rings. The smallest absolute Gasteiger partial charge is 0.293 e. The van der Waals surface area contributed by atoms with Crippen molar-refractivity contribution in [3.05, 3.63) is 0 Å². The first kappa shape index (κ1) is 8.00. The molecule has 0 heterocycles. The fraction of sp³-hybridized carbons (Fsp3) is 0.500. The average molecular weight is 127 g/mol. The van der Waals surface area contributed by atoms with Crippen molar-refractivity contribution in [2.24, 2.45) is 0 Å². The SMILES string of the molecule is [B]C(=O)NCCOC=O. The van der Waals surface area contributed by atoms with E-state index in [2.05, 4.69) is 17.9 Å². The highest BCUT2D eigenvalue weighted by atomic mass is 16.5. The van der Waals surface area contributed by atoms with Gasteiger partial charge >= 0.3 is 0 Å². The lowest BCUT2D eigenvalue weighted by Crippen LogP contribution is -2.25. The van der Waals surface area contributed by atoms with Crippen LogP contribution in [0.2, 0.25) is 0 Å². The molecule has 0 rings (SSSR count). The molecular formula is C4H6BNO3. The molecule has 0 fully saturated rings. The predicted molar refractivity (Wildman–Crippen MR) is 31.2 cm³/mol. The highest BCUT2D eigenvalue weighted by molar-refractivity contribution is 6.57. The molecule has 1 N–H and O–H groups in total. The summed E-state index contributed by atoms with van der Waals surface area (Å²) in [6.07, 6.45) is 0. The Bertz CT molecular complexity index is 106. The Hall–Kier alpha value is -0.995. The van der Waals surface area contributed by atoms with E-state index in [0.29, 0.717) is 6.47 Å². The maximum absolute atomic E-state index is 9.93. The molecule has 4 nitrogen and oxygen atoms in total. The second-order valence-electron chi connectivity index (χ2n) is 1.26. The Morgan fingerprint density at radius 2 is 2.44 bits per heavy atom. The first-order valence-corrected chi connectivity index (χ1v) is 2.36. The fourth-order valence-electron chi connectivity index (χ4n) is 0.281. The van der Waals surface area contributed by atoms with E-state index in [1.54, 1.807) is 0 Å². The van der Waals surface area contributed by atoms with Crippen LogP contribution in [0.1, 0.15) is 0 Å². The number of amides is 1. The van der Waals surface area contributed by atoms with Gasteiger partial charge in [-0.2, -0.15) is 0 Å². The Kier molecular flexibility index (Phi) is 4.58. The number of ether oxygens (including phenoxy) is 1. The highest BCUT2D eigenvalue weighted by Gasteiger charge is 1.87. The van der Waals surface area contributed by atoms with E-state index in [9.17, 15) is 9.59 Å². The Morgan fingerprint density at radius 1 is 1.78 bits per heavy atom. The maximum atomic E-state index is 9.93. The van der Waals surface area contributed by atoms with Crippen LogP contribution in [-0.4, -0.2) is 33.3 Å². The van der Waals surface area contributed by atoms with Gasteiger partial charge in [-0.1, -0.05) is 0 Å². The maximum Gasteiger partial charge on any atom is 0.293 e. The minimum absolute atomic E-state index is 0.159. The normalized spacial score (nSPS) is 8.00. The molecule has 2 radical (unpaired) electrons. The van der Waals surface area contributed by atoms with Crippen molar-refractivity contribution >= 4 is 20.1 Å². The van der Waals surface area contributed by atoms with Crippen LogP contribution in [0.4, 0.5) is 4.79 Å². The largest absolute Gasteiger partial charge is 0.466 e. The van der Waals surface area contributed by atoms with Gasteiger partial charge in [0.2, 0.25) is 0 Å². The lowest BCUT2D eigenvalue weighted by molar-refractivity contribution is -0.128. The molecule has 0 aliphatic carbocycles. The second kappa shape index (κ2) is 5.15. The summed E-state index contributed by atoms with van der Waals surface area (Å²) in [6, 6.07) is 0. The minimum Gasteiger partial charge on any atom is -0.466 e. The van der Waals surface area contributed by atoms with Crippen molar-refractivity contribution < 1.29 is 14.3 Å². The van der Waals surface area contributed by atoms with Crippen LogP contribution < -0.4 is 5.32 Å². The van der Waals surface area contributed by atoms with Gasteiger partial charge < -0.3 is 10.1 Å². The molecule has 0 spiro atoms. The van der Waals surface area contributed by atoms with Crippen molar-refractivity contribution in [2.75, 3.05) is 13.2 Å². The van der Waals surface area contributed by atoms with Gasteiger partial charge in [0, 0.05) is 0 Å². The molecule has 0 atom stereocenters. The van der Waals surface area contributed by atoms with Crippen molar-refractivity contribution in [3.8, 4) is 0 Å². The third-order valence-corrected chi connectivity index (χ3v) is 0.587. The van der Waals surface area contributed by atoms with Crippen LogP contribution in [0.15, 0.2) is 0 Å². The van der Waals surface area contributed by atoms with E-state index in [-0.39, 0.29) is 13.2 Å². The molecule has 5 heteroatoms. The summed E-state index contributed by atoms with van der Waals surface area (Å²) in [6.45, 7) is 0.725. The number of hydrogen-bond donors (Lipinski definition) is 1. The summed E-state index contributed by atoms with van der Waals surface area (Å²) in [5.74, 6) is -0.621. The van der Waals surface area contributed by atoms with Gasteiger partial charge in [-0.15, -0.1) is 0 Å². The minimum atomic E-state index is -0.621. The first-order chi connectivity index (χ1) is 4.27. The molecule has 9 heavy (non-hydrogen) atoms. The summed E-state index contributed by atoms with van der Waals surface area (Å²) < 4.78 is 4.23. The standard InChI is InChI=1S/C4H6BNO3/c5-4(8)6-1-2-9-3-7/h3H,1-2H2,(H,6,8). The summed E-state index contributed by atoms with van der Waals surface area (Å²) in [4.78, 5) is 19.4. The van der Waals surface area contributed by atoms with Gasteiger partial charge in [0.15, 0.2) is 13.7 Å².